The summed E-state index contributed by atoms with van der Waals surface area (Å²) in [7, 11) is 0. The molecule has 0 saturated heterocycles. The summed E-state index contributed by atoms with van der Waals surface area (Å²) >= 11 is 0. The molecule has 2 radical (unpaired) electrons. The Balaban J connectivity index is 2.04. The van der Waals surface area contributed by atoms with E-state index in [1.807, 2.05) is 0 Å². The Labute approximate surface area is 109 Å². The molecule has 88 valence electrons. The van der Waals surface area contributed by atoms with Crippen molar-refractivity contribution in [2.45, 2.75) is 13.3 Å². The first kappa shape index (κ1) is 11.3. The van der Waals surface area contributed by atoms with E-state index in [0.717, 1.165) is 6.42 Å². The first-order valence-electron chi connectivity index (χ1n) is 6.50. The van der Waals surface area contributed by atoms with Gasteiger partial charge in [-0.25, -0.2) is 0 Å². The van der Waals surface area contributed by atoms with Gasteiger partial charge in [0.05, 0.1) is 0 Å². The molecular weight excluding hydrogens is 216 g/mol. The molecule has 0 bridgehead atoms. The molecule has 0 amide bonds. The van der Waals surface area contributed by atoms with Crippen LogP contribution < -0.4 is 0 Å². The molecule has 0 spiro atoms. The summed E-state index contributed by atoms with van der Waals surface area (Å²) in [6.07, 6.45) is 15.5. The number of fused-ring (bicyclic) bond motifs is 1. The number of allylic oxidation sites excluding steroid dienone is 8. The van der Waals surface area contributed by atoms with Crippen molar-refractivity contribution in [2.24, 2.45) is 5.92 Å². The standard InChI is InChI=1S/C18H16/c1-2-14-12-16-10-6-7-11-17(18(16)13-14)15-8-4-3-5-9-15/h3-11,13,18H,2H2,1H3. The lowest BCUT2D eigenvalue weighted by atomic mass is 9.89. The fraction of sp³-hybridized carbons (Fsp3) is 0.167. The van der Waals surface area contributed by atoms with Gasteiger partial charge < -0.3 is 0 Å². The average Bonchev–Trinajstić information content (AvgIpc) is 2.73. The van der Waals surface area contributed by atoms with E-state index in [4.69, 9.17) is 0 Å². The fourth-order valence-corrected chi connectivity index (χ4v) is 2.53. The molecular formula is C18H16. The molecule has 0 aliphatic heterocycles. The van der Waals surface area contributed by atoms with Gasteiger partial charge in [0.2, 0.25) is 0 Å². The van der Waals surface area contributed by atoms with Crippen molar-refractivity contribution in [2.75, 3.05) is 0 Å². The third-order valence-corrected chi connectivity index (χ3v) is 3.49. The van der Waals surface area contributed by atoms with Crippen molar-refractivity contribution in [1.29, 1.82) is 0 Å². The molecule has 0 N–H and O–H groups in total. The van der Waals surface area contributed by atoms with Gasteiger partial charge in [-0.15, -0.1) is 0 Å². The molecule has 2 aliphatic rings. The second-order valence-corrected chi connectivity index (χ2v) is 4.64. The summed E-state index contributed by atoms with van der Waals surface area (Å²) in [6.45, 7) is 2.19. The largest absolute Gasteiger partial charge is 0.0727 e. The van der Waals surface area contributed by atoms with Crippen LogP contribution in [0.15, 0.2) is 71.9 Å². The minimum Gasteiger partial charge on any atom is -0.0727 e. The van der Waals surface area contributed by atoms with E-state index in [1.54, 1.807) is 0 Å². The number of hydrogen-bond acceptors (Lipinski definition) is 0. The van der Waals surface area contributed by atoms with Gasteiger partial charge in [0.25, 0.3) is 0 Å². The van der Waals surface area contributed by atoms with Crippen molar-refractivity contribution in [1.82, 2.24) is 0 Å². The Morgan fingerprint density at radius 2 is 1.83 bits per heavy atom. The van der Waals surface area contributed by atoms with Crippen LogP contribution in [0, 0.1) is 12.3 Å². The minimum atomic E-state index is 0.373. The molecule has 1 aromatic carbocycles. The van der Waals surface area contributed by atoms with Gasteiger partial charge in [0.1, 0.15) is 0 Å². The van der Waals surface area contributed by atoms with Crippen molar-refractivity contribution in [3.05, 3.63) is 83.8 Å². The van der Waals surface area contributed by atoms with E-state index in [2.05, 4.69) is 74.1 Å². The summed E-state index contributed by atoms with van der Waals surface area (Å²) in [4.78, 5) is 0. The third-order valence-electron chi connectivity index (χ3n) is 3.49. The predicted molar refractivity (Wildman–Crippen MR) is 76.7 cm³/mol. The molecule has 0 saturated carbocycles. The van der Waals surface area contributed by atoms with Crippen molar-refractivity contribution < 1.29 is 0 Å². The maximum atomic E-state index is 3.51. The van der Waals surface area contributed by atoms with Gasteiger partial charge >= 0.3 is 0 Å². The first-order chi connectivity index (χ1) is 8.88. The highest BCUT2D eigenvalue weighted by atomic mass is 14.3. The molecule has 18 heavy (non-hydrogen) atoms. The average molecular weight is 232 g/mol. The molecule has 1 atom stereocenters. The van der Waals surface area contributed by atoms with Gasteiger partial charge in [-0.2, -0.15) is 0 Å². The minimum absolute atomic E-state index is 0.373. The molecule has 1 aromatic rings. The summed E-state index contributed by atoms with van der Waals surface area (Å²) in [5.41, 5.74) is 5.28. The van der Waals surface area contributed by atoms with Crippen LogP contribution >= 0.6 is 0 Å². The molecule has 1 unspecified atom stereocenters. The highest BCUT2D eigenvalue weighted by Crippen LogP contribution is 2.40. The van der Waals surface area contributed by atoms with Gasteiger partial charge in [-0.1, -0.05) is 73.2 Å². The lowest BCUT2D eigenvalue weighted by Crippen LogP contribution is -1.99. The van der Waals surface area contributed by atoms with Crippen molar-refractivity contribution >= 4 is 5.57 Å². The number of hydrogen-bond donors (Lipinski definition) is 0. The lowest BCUT2D eigenvalue weighted by molar-refractivity contribution is 1.05. The number of rotatable bonds is 2. The maximum Gasteiger partial charge on any atom is 0.0420 e. The van der Waals surface area contributed by atoms with E-state index in [-0.39, 0.29) is 0 Å². The Hall–Kier alpha value is -1.82. The predicted octanol–water partition coefficient (Wildman–Crippen LogP) is 4.61. The quantitative estimate of drug-likeness (QED) is 0.698. The summed E-state index contributed by atoms with van der Waals surface area (Å²) in [5.74, 6) is 0.373. The Morgan fingerprint density at radius 1 is 1.06 bits per heavy atom. The molecule has 0 heteroatoms. The van der Waals surface area contributed by atoms with Crippen LogP contribution in [-0.4, -0.2) is 0 Å². The van der Waals surface area contributed by atoms with Gasteiger partial charge in [-0.05, 0) is 23.1 Å². The molecule has 0 heterocycles. The number of benzene rings is 1. The zero-order valence-electron chi connectivity index (χ0n) is 10.6. The molecule has 0 fully saturated rings. The second-order valence-electron chi connectivity index (χ2n) is 4.64. The van der Waals surface area contributed by atoms with Crippen LogP contribution in [0.2, 0.25) is 0 Å². The zero-order chi connectivity index (χ0) is 12.4. The van der Waals surface area contributed by atoms with E-state index >= 15 is 0 Å². The van der Waals surface area contributed by atoms with Gasteiger partial charge in [0.15, 0.2) is 0 Å². The van der Waals surface area contributed by atoms with Crippen LogP contribution in [0.3, 0.4) is 0 Å². The third kappa shape index (κ3) is 1.99. The molecule has 0 nitrogen and oxygen atoms in total. The van der Waals surface area contributed by atoms with Gasteiger partial charge in [-0.3, -0.25) is 0 Å². The van der Waals surface area contributed by atoms with E-state index in [9.17, 15) is 0 Å². The van der Waals surface area contributed by atoms with E-state index in [0.29, 0.717) is 5.92 Å². The van der Waals surface area contributed by atoms with Crippen LogP contribution in [0.4, 0.5) is 0 Å². The van der Waals surface area contributed by atoms with Gasteiger partial charge in [0, 0.05) is 12.3 Å². The van der Waals surface area contributed by atoms with Crippen molar-refractivity contribution in [3.8, 4) is 0 Å². The lowest BCUT2D eigenvalue weighted by Gasteiger charge is -2.14. The van der Waals surface area contributed by atoms with Crippen molar-refractivity contribution in [3.63, 3.8) is 0 Å². The maximum absolute atomic E-state index is 3.51. The van der Waals surface area contributed by atoms with E-state index < -0.39 is 0 Å². The summed E-state index contributed by atoms with van der Waals surface area (Å²) in [6, 6.07) is 10.6. The normalized spacial score (nSPS) is 21.8. The molecule has 0 aromatic heterocycles. The zero-order valence-corrected chi connectivity index (χ0v) is 10.6. The monoisotopic (exact) mass is 232 g/mol. The van der Waals surface area contributed by atoms with Crippen LogP contribution in [0.1, 0.15) is 18.9 Å². The highest BCUT2D eigenvalue weighted by molar-refractivity contribution is 5.76. The van der Waals surface area contributed by atoms with E-state index in [1.165, 1.54) is 22.3 Å². The smallest absolute Gasteiger partial charge is 0.0420 e. The summed E-state index contributed by atoms with van der Waals surface area (Å²) < 4.78 is 0. The highest BCUT2D eigenvalue weighted by Gasteiger charge is 2.25. The first-order valence-corrected chi connectivity index (χ1v) is 6.50. The fourth-order valence-electron chi connectivity index (χ4n) is 2.53. The Kier molecular flexibility index (Phi) is 3.02. The second kappa shape index (κ2) is 4.81. The molecule has 3 rings (SSSR count). The van der Waals surface area contributed by atoms with Crippen LogP contribution in [-0.2, 0) is 0 Å². The molecule has 2 aliphatic carbocycles. The Morgan fingerprint density at radius 3 is 2.61 bits per heavy atom. The topological polar surface area (TPSA) is 0 Å². The van der Waals surface area contributed by atoms with Crippen LogP contribution in [0.25, 0.3) is 5.57 Å². The summed E-state index contributed by atoms with van der Waals surface area (Å²) in [5, 5.41) is 0. The van der Waals surface area contributed by atoms with Crippen LogP contribution in [0.5, 0.6) is 0 Å². The Bertz CT molecular complexity index is 553. The SMILES string of the molecule is CCC1=CC2C(=CC=CC=C2c2ccccc2)[C]1.